The highest BCUT2D eigenvalue weighted by molar-refractivity contribution is 6.41. The molecule has 0 spiro atoms. The summed E-state index contributed by atoms with van der Waals surface area (Å²) < 4.78 is 3.40. The van der Waals surface area contributed by atoms with E-state index in [1.807, 2.05) is 13.8 Å². The lowest BCUT2D eigenvalue weighted by atomic mass is 10.3. The molecule has 0 saturated carbocycles. The number of carbonyl (C=O) groups excluding carboxylic acids is 1. The molecule has 0 aliphatic rings. The van der Waals surface area contributed by atoms with E-state index in [1.165, 1.54) is 0 Å². The van der Waals surface area contributed by atoms with Crippen LogP contribution in [0.3, 0.4) is 0 Å². The van der Waals surface area contributed by atoms with E-state index < -0.39 is 0 Å². The molecule has 0 unspecified atom stereocenters. The Balaban J connectivity index is 1.71. The van der Waals surface area contributed by atoms with Gasteiger partial charge in [0.05, 0.1) is 28.6 Å². The van der Waals surface area contributed by atoms with Gasteiger partial charge in [0.15, 0.2) is 0 Å². The standard InChI is InChI=1S/C15H20Cl3N5O/c1-9-13(16)11(3)22(20-9)8-5-12(24)19-6-4-7-23-15(18)14(17)10(2)21-23/h4-8H2,1-3H3,(H,19,24). The molecular formula is C15H20Cl3N5O. The van der Waals surface area contributed by atoms with E-state index in [9.17, 15) is 4.79 Å². The number of aryl methyl sites for hydroxylation is 4. The maximum atomic E-state index is 11.9. The SMILES string of the molecule is Cc1nn(CCC(=O)NCCCn2nc(C)c(Cl)c2Cl)c(C)c1Cl. The molecule has 24 heavy (non-hydrogen) atoms. The van der Waals surface area contributed by atoms with E-state index >= 15 is 0 Å². The summed E-state index contributed by atoms with van der Waals surface area (Å²) in [4.78, 5) is 11.9. The van der Waals surface area contributed by atoms with Crippen molar-refractivity contribution in [3.63, 3.8) is 0 Å². The van der Waals surface area contributed by atoms with Gasteiger partial charge < -0.3 is 5.32 Å². The molecule has 0 aliphatic heterocycles. The number of carbonyl (C=O) groups is 1. The van der Waals surface area contributed by atoms with Crippen molar-refractivity contribution >= 4 is 40.7 Å². The molecule has 1 amide bonds. The average Bonchev–Trinajstić information content (AvgIpc) is 2.94. The van der Waals surface area contributed by atoms with Gasteiger partial charge >= 0.3 is 0 Å². The normalized spacial score (nSPS) is 11.1. The van der Waals surface area contributed by atoms with Crippen molar-refractivity contribution in [2.45, 2.75) is 46.7 Å². The third-order valence-corrected chi connectivity index (χ3v) is 5.19. The van der Waals surface area contributed by atoms with Crippen molar-refractivity contribution in [2.24, 2.45) is 0 Å². The number of aromatic nitrogens is 4. The Kier molecular flexibility index (Phi) is 6.54. The molecule has 0 radical (unpaired) electrons. The van der Waals surface area contributed by atoms with Crippen molar-refractivity contribution in [1.82, 2.24) is 24.9 Å². The summed E-state index contributed by atoms with van der Waals surface area (Å²) in [5.41, 5.74) is 2.36. The Morgan fingerprint density at radius 3 is 2.17 bits per heavy atom. The average molecular weight is 393 g/mol. The molecule has 0 fully saturated rings. The van der Waals surface area contributed by atoms with Crippen molar-refractivity contribution < 1.29 is 4.79 Å². The number of nitrogens with zero attached hydrogens (tertiary/aromatic N) is 4. The molecule has 0 saturated heterocycles. The lowest BCUT2D eigenvalue weighted by molar-refractivity contribution is -0.121. The molecule has 0 bridgehead atoms. The summed E-state index contributed by atoms with van der Waals surface area (Å²) in [7, 11) is 0. The first-order valence-electron chi connectivity index (χ1n) is 7.66. The number of halogens is 3. The third kappa shape index (κ3) is 4.43. The van der Waals surface area contributed by atoms with Gasteiger partial charge in [0.25, 0.3) is 0 Å². The summed E-state index contributed by atoms with van der Waals surface area (Å²) in [6.45, 7) is 7.19. The van der Waals surface area contributed by atoms with Crippen molar-refractivity contribution in [3.05, 3.63) is 32.3 Å². The zero-order valence-corrected chi connectivity index (χ0v) is 16.1. The molecule has 0 atom stereocenters. The highest BCUT2D eigenvalue weighted by atomic mass is 35.5. The Bertz CT molecular complexity index is 738. The van der Waals surface area contributed by atoms with Gasteiger partial charge in [-0.25, -0.2) is 0 Å². The van der Waals surface area contributed by atoms with Gasteiger partial charge in [0.2, 0.25) is 5.91 Å². The quantitative estimate of drug-likeness (QED) is 0.733. The number of nitrogens with one attached hydrogen (secondary N) is 1. The molecule has 1 N–H and O–H groups in total. The van der Waals surface area contributed by atoms with E-state index in [1.54, 1.807) is 16.3 Å². The van der Waals surface area contributed by atoms with Crippen molar-refractivity contribution in [3.8, 4) is 0 Å². The van der Waals surface area contributed by atoms with Crippen LogP contribution in [0.2, 0.25) is 15.2 Å². The van der Waals surface area contributed by atoms with Gasteiger partial charge in [0, 0.05) is 19.5 Å². The van der Waals surface area contributed by atoms with Crippen LogP contribution in [0, 0.1) is 20.8 Å². The lowest BCUT2D eigenvalue weighted by Gasteiger charge is -2.07. The minimum atomic E-state index is -0.0283. The molecule has 2 aromatic rings. The Morgan fingerprint density at radius 2 is 1.62 bits per heavy atom. The van der Waals surface area contributed by atoms with Crippen LogP contribution in [-0.2, 0) is 17.9 Å². The van der Waals surface area contributed by atoms with Crippen LogP contribution in [0.1, 0.15) is 29.9 Å². The Hall–Kier alpha value is -1.24. The van der Waals surface area contributed by atoms with Crippen LogP contribution in [0.5, 0.6) is 0 Å². The fraction of sp³-hybridized carbons (Fsp3) is 0.533. The predicted octanol–water partition coefficient (Wildman–Crippen LogP) is 3.56. The summed E-state index contributed by atoms with van der Waals surface area (Å²) in [5, 5.41) is 13.0. The zero-order chi connectivity index (χ0) is 17.9. The fourth-order valence-corrected chi connectivity index (χ4v) is 2.85. The Morgan fingerprint density at radius 1 is 1.00 bits per heavy atom. The molecule has 2 heterocycles. The van der Waals surface area contributed by atoms with Crippen molar-refractivity contribution in [1.29, 1.82) is 0 Å². The second-order valence-corrected chi connectivity index (χ2v) is 6.69. The minimum Gasteiger partial charge on any atom is -0.356 e. The van der Waals surface area contributed by atoms with Gasteiger partial charge in [-0.05, 0) is 27.2 Å². The molecule has 2 aromatic heterocycles. The van der Waals surface area contributed by atoms with Crippen LogP contribution < -0.4 is 5.32 Å². The monoisotopic (exact) mass is 391 g/mol. The molecule has 0 aromatic carbocycles. The van der Waals surface area contributed by atoms with Gasteiger partial charge in [-0.3, -0.25) is 14.2 Å². The summed E-state index contributed by atoms with van der Waals surface area (Å²) in [6, 6.07) is 0. The maximum absolute atomic E-state index is 11.9. The molecule has 0 aliphatic carbocycles. The molecule has 6 nitrogen and oxygen atoms in total. The number of rotatable bonds is 7. The molecular weight excluding hydrogens is 373 g/mol. The van der Waals surface area contributed by atoms with Crippen LogP contribution in [0.4, 0.5) is 0 Å². The van der Waals surface area contributed by atoms with E-state index in [-0.39, 0.29) is 5.91 Å². The van der Waals surface area contributed by atoms with Crippen LogP contribution >= 0.6 is 34.8 Å². The number of amides is 1. The van der Waals surface area contributed by atoms with Gasteiger partial charge in [-0.1, -0.05) is 34.8 Å². The summed E-state index contributed by atoms with van der Waals surface area (Å²) >= 11 is 18.1. The predicted molar refractivity (Wildman–Crippen MR) is 95.9 cm³/mol. The van der Waals surface area contributed by atoms with E-state index in [0.29, 0.717) is 53.4 Å². The van der Waals surface area contributed by atoms with E-state index in [2.05, 4.69) is 15.5 Å². The highest BCUT2D eigenvalue weighted by Gasteiger charge is 2.12. The minimum absolute atomic E-state index is 0.0283. The van der Waals surface area contributed by atoms with E-state index in [0.717, 1.165) is 11.4 Å². The van der Waals surface area contributed by atoms with Crippen LogP contribution in [0.25, 0.3) is 0 Å². The van der Waals surface area contributed by atoms with Crippen LogP contribution in [-0.4, -0.2) is 32.0 Å². The second-order valence-electron chi connectivity index (χ2n) is 5.57. The van der Waals surface area contributed by atoms with Crippen LogP contribution in [0.15, 0.2) is 0 Å². The van der Waals surface area contributed by atoms with Gasteiger partial charge in [0.1, 0.15) is 10.2 Å². The summed E-state index contributed by atoms with van der Waals surface area (Å²) in [5.74, 6) is -0.0283. The molecule has 2 rings (SSSR count). The lowest BCUT2D eigenvalue weighted by Crippen LogP contribution is -2.26. The number of hydrogen-bond donors (Lipinski definition) is 1. The first-order valence-corrected chi connectivity index (χ1v) is 8.79. The van der Waals surface area contributed by atoms with Gasteiger partial charge in [-0.15, -0.1) is 0 Å². The maximum Gasteiger partial charge on any atom is 0.221 e. The second kappa shape index (κ2) is 8.23. The summed E-state index contributed by atoms with van der Waals surface area (Å²) in [6.07, 6.45) is 1.07. The first-order chi connectivity index (χ1) is 11.3. The Labute approximate surface area is 156 Å². The first kappa shape index (κ1) is 19.1. The third-order valence-electron chi connectivity index (χ3n) is 3.71. The topological polar surface area (TPSA) is 64.7 Å². The van der Waals surface area contributed by atoms with Crippen molar-refractivity contribution in [2.75, 3.05) is 6.54 Å². The molecule has 9 heteroatoms. The molecule has 132 valence electrons. The highest BCUT2D eigenvalue weighted by Crippen LogP contribution is 2.24. The van der Waals surface area contributed by atoms with E-state index in [4.69, 9.17) is 34.8 Å². The van der Waals surface area contributed by atoms with Gasteiger partial charge in [-0.2, -0.15) is 10.2 Å². The smallest absolute Gasteiger partial charge is 0.221 e. The largest absolute Gasteiger partial charge is 0.356 e. The fourth-order valence-electron chi connectivity index (χ4n) is 2.32. The number of hydrogen-bond acceptors (Lipinski definition) is 3. The zero-order valence-electron chi connectivity index (χ0n) is 13.9.